The van der Waals surface area contributed by atoms with Crippen molar-refractivity contribution in [2.75, 3.05) is 0 Å². The summed E-state index contributed by atoms with van der Waals surface area (Å²) in [4.78, 5) is 0. The first-order valence-corrected chi connectivity index (χ1v) is 4.69. The van der Waals surface area contributed by atoms with Gasteiger partial charge in [0.1, 0.15) is 12.4 Å². The zero-order chi connectivity index (χ0) is 9.30. The van der Waals surface area contributed by atoms with Gasteiger partial charge >= 0.3 is 5.28 Å². The summed E-state index contributed by atoms with van der Waals surface area (Å²) in [5.74, 6) is 0. The molecule has 1 rings (SSSR count). The van der Waals surface area contributed by atoms with Crippen LogP contribution in [0.3, 0.4) is 0 Å². The van der Waals surface area contributed by atoms with Crippen molar-refractivity contribution >= 4 is 11.6 Å². The Bertz CT molecular complexity index is 238. The van der Waals surface area contributed by atoms with Crippen LogP contribution in [0.4, 0.5) is 0 Å². The molecule has 68 valence electrons. The van der Waals surface area contributed by atoms with Gasteiger partial charge in [0.25, 0.3) is 0 Å². The second-order valence-corrected chi connectivity index (χ2v) is 3.91. The number of hydrogen-bond donors (Lipinski definition) is 0. The summed E-state index contributed by atoms with van der Waals surface area (Å²) < 4.78 is 4.11. The molecular formula is C9H16ClN2+. The van der Waals surface area contributed by atoms with Crippen molar-refractivity contribution in [3.05, 3.63) is 17.7 Å². The van der Waals surface area contributed by atoms with Gasteiger partial charge in [-0.25, -0.2) is 9.13 Å². The molecule has 0 aliphatic heterocycles. The van der Waals surface area contributed by atoms with Crippen molar-refractivity contribution in [2.24, 2.45) is 0 Å². The third-order valence-corrected chi connectivity index (χ3v) is 2.32. The van der Waals surface area contributed by atoms with Crippen LogP contribution in [0.5, 0.6) is 0 Å². The van der Waals surface area contributed by atoms with Crippen molar-refractivity contribution in [2.45, 2.75) is 39.8 Å². The highest BCUT2D eigenvalue weighted by atomic mass is 35.5. The Kier molecular flexibility index (Phi) is 2.78. The third kappa shape index (κ3) is 1.63. The molecule has 0 aromatic carbocycles. The molecule has 12 heavy (non-hydrogen) atoms. The summed E-state index contributed by atoms with van der Waals surface area (Å²) in [6.07, 6.45) is 4.04. The van der Waals surface area contributed by atoms with Crippen LogP contribution < -0.4 is 4.57 Å². The van der Waals surface area contributed by atoms with Gasteiger partial charge in [0.05, 0.1) is 12.1 Å². The molecule has 0 spiro atoms. The predicted molar refractivity (Wildman–Crippen MR) is 50.4 cm³/mol. The van der Waals surface area contributed by atoms with Gasteiger partial charge < -0.3 is 0 Å². The lowest BCUT2D eigenvalue weighted by molar-refractivity contribution is -0.713. The van der Waals surface area contributed by atoms with E-state index in [-0.39, 0.29) is 0 Å². The topological polar surface area (TPSA) is 8.81 Å². The van der Waals surface area contributed by atoms with Gasteiger partial charge in [-0.05, 0) is 27.7 Å². The predicted octanol–water partition coefficient (Wildman–Crippen LogP) is 2.59. The van der Waals surface area contributed by atoms with Crippen LogP contribution in [-0.4, -0.2) is 4.57 Å². The molecule has 0 saturated heterocycles. The fourth-order valence-corrected chi connectivity index (χ4v) is 1.67. The molecule has 0 aliphatic carbocycles. The molecular weight excluding hydrogens is 172 g/mol. The maximum absolute atomic E-state index is 6.14. The van der Waals surface area contributed by atoms with E-state index in [1.54, 1.807) is 0 Å². The molecule has 1 aromatic heterocycles. The van der Waals surface area contributed by atoms with E-state index in [0.29, 0.717) is 12.1 Å². The van der Waals surface area contributed by atoms with Crippen molar-refractivity contribution < 1.29 is 4.57 Å². The molecule has 0 amide bonds. The SMILES string of the molecule is CC(C)n1cc[n+](C(C)C)c1Cl. The maximum atomic E-state index is 6.14. The smallest absolute Gasteiger partial charge is 0.218 e. The van der Waals surface area contributed by atoms with Crippen LogP contribution >= 0.6 is 11.6 Å². The van der Waals surface area contributed by atoms with E-state index in [4.69, 9.17) is 11.6 Å². The number of halogens is 1. The second-order valence-electron chi connectivity index (χ2n) is 3.57. The Morgan fingerprint density at radius 1 is 1.33 bits per heavy atom. The fraction of sp³-hybridized carbons (Fsp3) is 0.667. The van der Waals surface area contributed by atoms with Gasteiger partial charge in [0, 0.05) is 11.6 Å². The Morgan fingerprint density at radius 2 is 1.92 bits per heavy atom. The lowest BCUT2D eigenvalue weighted by Gasteiger charge is -2.03. The summed E-state index contributed by atoms with van der Waals surface area (Å²) in [6.45, 7) is 8.49. The average Bonchev–Trinajstić information content (AvgIpc) is 2.30. The Balaban J connectivity index is 3.04. The first-order valence-electron chi connectivity index (χ1n) is 4.31. The number of nitrogens with zero attached hydrogens (tertiary/aromatic N) is 2. The molecule has 3 heteroatoms. The molecule has 0 saturated carbocycles. The summed E-state index contributed by atoms with van der Waals surface area (Å²) in [6, 6.07) is 0.856. The highest BCUT2D eigenvalue weighted by Gasteiger charge is 2.18. The molecule has 0 fully saturated rings. The molecule has 0 atom stereocenters. The molecule has 1 heterocycles. The van der Waals surface area contributed by atoms with Gasteiger partial charge in [-0.2, -0.15) is 0 Å². The average molecular weight is 188 g/mol. The van der Waals surface area contributed by atoms with Crippen LogP contribution in [0.1, 0.15) is 39.8 Å². The summed E-state index contributed by atoms with van der Waals surface area (Å²) in [5, 5.41) is 0.806. The third-order valence-electron chi connectivity index (χ3n) is 1.93. The minimum atomic E-state index is 0.428. The first-order chi connectivity index (χ1) is 5.54. The lowest BCUT2D eigenvalue weighted by Crippen LogP contribution is -2.35. The van der Waals surface area contributed by atoms with E-state index in [1.807, 2.05) is 12.4 Å². The summed E-state index contributed by atoms with van der Waals surface area (Å²) in [7, 11) is 0. The fourth-order valence-electron chi connectivity index (χ4n) is 1.17. The normalized spacial score (nSPS) is 11.6. The molecule has 0 unspecified atom stereocenters. The Labute approximate surface area is 78.8 Å². The van der Waals surface area contributed by atoms with E-state index in [9.17, 15) is 0 Å². The standard InChI is InChI=1S/C9H16ClN2/c1-7(2)11-5-6-12(8(3)4)9(11)10/h5-8H,1-4H3/q+1. The van der Waals surface area contributed by atoms with Crippen molar-refractivity contribution in [3.8, 4) is 0 Å². The van der Waals surface area contributed by atoms with E-state index >= 15 is 0 Å². The quantitative estimate of drug-likeness (QED) is 0.630. The van der Waals surface area contributed by atoms with Crippen LogP contribution in [0, 0.1) is 0 Å². The Hall–Kier alpha value is -0.500. The lowest BCUT2D eigenvalue weighted by atomic mass is 10.4. The molecule has 0 radical (unpaired) electrons. The minimum absolute atomic E-state index is 0.428. The number of hydrogen-bond acceptors (Lipinski definition) is 0. The van der Waals surface area contributed by atoms with Gasteiger partial charge in [0.15, 0.2) is 0 Å². The number of aromatic nitrogens is 2. The molecule has 0 aliphatic rings. The summed E-state index contributed by atoms with van der Waals surface area (Å²) >= 11 is 6.14. The zero-order valence-electron chi connectivity index (χ0n) is 8.08. The van der Waals surface area contributed by atoms with Crippen LogP contribution in [0.2, 0.25) is 5.28 Å². The van der Waals surface area contributed by atoms with E-state index in [1.165, 1.54) is 0 Å². The maximum Gasteiger partial charge on any atom is 0.355 e. The van der Waals surface area contributed by atoms with Crippen LogP contribution in [0.15, 0.2) is 12.4 Å². The minimum Gasteiger partial charge on any atom is -0.218 e. The van der Waals surface area contributed by atoms with Crippen molar-refractivity contribution in [3.63, 3.8) is 0 Å². The largest absolute Gasteiger partial charge is 0.355 e. The van der Waals surface area contributed by atoms with Gasteiger partial charge in [-0.3, -0.25) is 0 Å². The monoisotopic (exact) mass is 187 g/mol. The molecule has 2 nitrogen and oxygen atoms in total. The number of rotatable bonds is 2. The highest BCUT2D eigenvalue weighted by Crippen LogP contribution is 2.12. The molecule has 0 bridgehead atoms. The van der Waals surface area contributed by atoms with E-state index in [0.717, 1.165) is 5.28 Å². The summed E-state index contributed by atoms with van der Waals surface area (Å²) in [5.41, 5.74) is 0. The number of imidazole rings is 1. The van der Waals surface area contributed by atoms with Crippen molar-refractivity contribution in [1.29, 1.82) is 0 Å². The van der Waals surface area contributed by atoms with Crippen LogP contribution in [0.25, 0.3) is 0 Å². The molecule has 1 aromatic rings. The van der Waals surface area contributed by atoms with Gasteiger partial charge in [-0.15, -0.1) is 0 Å². The van der Waals surface area contributed by atoms with Crippen LogP contribution in [-0.2, 0) is 0 Å². The first kappa shape index (κ1) is 9.59. The zero-order valence-corrected chi connectivity index (χ0v) is 8.84. The Morgan fingerprint density at radius 3 is 2.17 bits per heavy atom. The molecule has 0 N–H and O–H groups in total. The second kappa shape index (κ2) is 3.48. The van der Waals surface area contributed by atoms with E-state index in [2.05, 4.69) is 36.8 Å². The van der Waals surface area contributed by atoms with Gasteiger partial charge in [-0.1, -0.05) is 0 Å². The van der Waals surface area contributed by atoms with Crippen molar-refractivity contribution in [1.82, 2.24) is 4.57 Å². The van der Waals surface area contributed by atoms with Gasteiger partial charge in [0.2, 0.25) is 0 Å². The van der Waals surface area contributed by atoms with E-state index < -0.39 is 0 Å². The highest BCUT2D eigenvalue weighted by molar-refractivity contribution is 6.27.